The van der Waals surface area contributed by atoms with E-state index < -0.39 is 0 Å². The molecule has 1 unspecified atom stereocenters. The molecule has 0 saturated carbocycles. The Kier molecular flexibility index (Phi) is 5.83. The van der Waals surface area contributed by atoms with Gasteiger partial charge in [0.2, 0.25) is 0 Å². The highest BCUT2D eigenvalue weighted by atomic mass is 16.5. The van der Waals surface area contributed by atoms with E-state index in [1.807, 2.05) is 0 Å². The van der Waals surface area contributed by atoms with Crippen molar-refractivity contribution < 1.29 is 4.74 Å². The van der Waals surface area contributed by atoms with Gasteiger partial charge in [0.15, 0.2) is 0 Å². The largest absolute Gasteiger partial charge is 0.380 e. The second-order valence-corrected chi connectivity index (χ2v) is 5.43. The van der Waals surface area contributed by atoms with E-state index >= 15 is 0 Å². The first-order valence-corrected chi connectivity index (χ1v) is 7.36. The van der Waals surface area contributed by atoms with Crippen molar-refractivity contribution >= 4 is 0 Å². The molecule has 1 saturated heterocycles. The summed E-state index contributed by atoms with van der Waals surface area (Å²) < 4.78 is 5.45. The Balaban J connectivity index is 1.86. The summed E-state index contributed by atoms with van der Waals surface area (Å²) in [5.41, 5.74) is 2.77. The molecule has 3 heteroatoms. The Bertz CT molecular complexity index is 375. The van der Waals surface area contributed by atoms with Gasteiger partial charge in [-0.1, -0.05) is 31.2 Å². The van der Waals surface area contributed by atoms with Crippen molar-refractivity contribution in [1.29, 1.82) is 0 Å². The smallest absolute Gasteiger partial charge is 0.0622 e. The van der Waals surface area contributed by atoms with Gasteiger partial charge in [0.05, 0.1) is 6.61 Å². The maximum absolute atomic E-state index is 5.45. The van der Waals surface area contributed by atoms with Gasteiger partial charge in [0, 0.05) is 25.7 Å². The second-order valence-electron chi connectivity index (χ2n) is 5.43. The molecule has 1 aromatic carbocycles. The maximum atomic E-state index is 5.45. The molecule has 0 aromatic heterocycles. The van der Waals surface area contributed by atoms with E-state index in [9.17, 15) is 0 Å². The van der Waals surface area contributed by atoms with Gasteiger partial charge < -0.3 is 10.1 Å². The Hall–Kier alpha value is -0.900. The molecule has 0 bridgehead atoms. The van der Waals surface area contributed by atoms with Crippen molar-refractivity contribution in [2.45, 2.75) is 38.9 Å². The number of hydrogen-bond donors (Lipinski definition) is 1. The number of ether oxygens (including phenoxy) is 1. The van der Waals surface area contributed by atoms with Gasteiger partial charge in [-0.3, -0.25) is 4.90 Å². The van der Waals surface area contributed by atoms with E-state index in [-0.39, 0.29) is 0 Å². The van der Waals surface area contributed by atoms with E-state index in [2.05, 4.69) is 48.5 Å². The minimum absolute atomic E-state index is 0.585. The van der Waals surface area contributed by atoms with Crippen molar-refractivity contribution in [3.05, 3.63) is 35.4 Å². The van der Waals surface area contributed by atoms with Crippen molar-refractivity contribution in [1.82, 2.24) is 10.2 Å². The number of benzene rings is 1. The van der Waals surface area contributed by atoms with Gasteiger partial charge in [-0.2, -0.15) is 0 Å². The fourth-order valence-electron chi connectivity index (χ4n) is 2.53. The standard InChI is InChI=1S/C16H26N2O/c1-3-8-17-11-14-5-4-6-15(10-14)12-18(2)16-7-9-19-13-16/h4-6,10,16-17H,3,7-9,11-13H2,1-2H3. The van der Waals surface area contributed by atoms with Crippen molar-refractivity contribution in [2.75, 3.05) is 26.8 Å². The zero-order chi connectivity index (χ0) is 13.5. The fraction of sp³-hybridized carbons (Fsp3) is 0.625. The van der Waals surface area contributed by atoms with Crippen LogP contribution in [0.3, 0.4) is 0 Å². The third kappa shape index (κ3) is 4.60. The first-order valence-electron chi connectivity index (χ1n) is 7.36. The van der Waals surface area contributed by atoms with Crippen LogP contribution >= 0.6 is 0 Å². The van der Waals surface area contributed by atoms with Crippen molar-refractivity contribution in [3.8, 4) is 0 Å². The Labute approximate surface area is 116 Å². The highest BCUT2D eigenvalue weighted by Crippen LogP contribution is 2.14. The first kappa shape index (κ1) is 14.5. The molecule has 0 aliphatic carbocycles. The summed E-state index contributed by atoms with van der Waals surface area (Å²) in [6.45, 7) is 7.06. The topological polar surface area (TPSA) is 24.5 Å². The lowest BCUT2D eigenvalue weighted by atomic mass is 10.1. The monoisotopic (exact) mass is 262 g/mol. The molecular weight excluding hydrogens is 236 g/mol. The quantitative estimate of drug-likeness (QED) is 0.764. The fourth-order valence-corrected chi connectivity index (χ4v) is 2.53. The summed E-state index contributed by atoms with van der Waals surface area (Å²) in [4.78, 5) is 2.41. The first-order chi connectivity index (χ1) is 9.29. The molecule has 1 aliphatic heterocycles. The molecule has 1 N–H and O–H groups in total. The minimum Gasteiger partial charge on any atom is -0.380 e. The maximum Gasteiger partial charge on any atom is 0.0622 e. The number of rotatable bonds is 7. The molecule has 106 valence electrons. The summed E-state index contributed by atoms with van der Waals surface area (Å²) >= 11 is 0. The van der Waals surface area contributed by atoms with Gasteiger partial charge in [-0.05, 0) is 37.6 Å². The van der Waals surface area contributed by atoms with Crippen LogP contribution in [0.1, 0.15) is 30.9 Å². The Morgan fingerprint density at radius 3 is 2.95 bits per heavy atom. The lowest BCUT2D eigenvalue weighted by Crippen LogP contribution is -2.31. The SMILES string of the molecule is CCCNCc1cccc(CN(C)C2CCOC2)c1. The number of hydrogen-bond acceptors (Lipinski definition) is 3. The van der Waals surface area contributed by atoms with Gasteiger partial charge in [0.25, 0.3) is 0 Å². The molecule has 2 rings (SSSR count). The van der Waals surface area contributed by atoms with Crippen LogP contribution in [0, 0.1) is 0 Å². The average molecular weight is 262 g/mol. The van der Waals surface area contributed by atoms with Crippen LogP contribution in [0.2, 0.25) is 0 Å². The van der Waals surface area contributed by atoms with Crippen LogP contribution in [0.25, 0.3) is 0 Å². The van der Waals surface area contributed by atoms with Gasteiger partial charge >= 0.3 is 0 Å². The highest BCUT2D eigenvalue weighted by Gasteiger charge is 2.20. The summed E-state index contributed by atoms with van der Waals surface area (Å²) in [6, 6.07) is 9.48. The molecule has 1 aromatic rings. The van der Waals surface area contributed by atoms with Crippen molar-refractivity contribution in [2.24, 2.45) is 0 Å². The van der Waals surface area contributed by atoms with Crippen LogP contribution in [0.4, 0.5) is 0 Å². The lowest BCUT2D eigenvalue weighted by molar-refractivity contribution is 0.156. The van der Waals surface area contributed by atoms with E-state index in [1.54, 1.807) is 0 Å². The van der Waals surface area contributed by atoms with Crippen LogP contribution in [0.5, 0.6) is 0 Å². The Morgan fingerprint density at radius 1 is 1.37 bits per heavy atom. The second kappa shape index (κ2) is 7.63. The molecule has 0 radical (unpaired) electrons. The number of nitrogens with one attached hydrogen (secondary N) is 1. The summed E-state index contributed by atoms with van der Waals surface area (Å²) in [5, 5.41) is 3.45. The number of likely N-dealkylation sites (N-methyl/N-ethyl adjacent to an activating group) is 1. The van der Waals surface area contributed by atoms with E-state index in [0.717, 1.165) is 39.3 Å². The molecule has 1 heterocycles. The number of nitrogens with zero attached hydrogens (tertiary/aromatic N) is 1. The minimum atomic E-state index is 0.585. The van der Waals surface area contributed by atoms with Crippen LogP contribution in [-0.4, -0.2) is 37.7 Å². The molecule has 1 atom stereocenters. The zero-order valence-electron chi connectivity index (χ0n) is 12.2. The average Bonchev–Trinajstić information content (AvgIpc) is 2.93. The summed E-state index contributed by atoms with van der Waals surface area (Å²) in [6.07, 6.45) is 2.35. The van der Waals surface area contributed by atoms with Crippen LogP contribution < -0.4 is 5.32 Å². The molecule has 19 heavy (non-hydrogen) atoms. The summed E-state index contributed by atoms with van der Waals surface area (Å²) in [7, 11) is 2.20. The molecule has 0 amide bonds. The van der Waals surface area contributed by atoms with Gasteiger partial charge in [0.1, 0.15) is 0 Å². The molecular formula is C16H26N2O. The molecule has 1 fully saturated rings. The third-order valence-corrected chi connectivity index (χ3v) is 3.71. The van der Waals surface area contributed by atoms with E-state index in [1.165, 1.54) is 17.5 Å². The van der Waals surface area contributed by atoms with Crippen LogP contribution in [-0.2, 0) is 17.8 Å². The van der Waals surface area contributed by atoms with Gasteiger partial charge in [-0.25, -0.2) is 0 Å². The molecule has 0 spiro atoms. The summed E-state index contributed by atoms with van der Waals surface area (Å²) in [5.74, 6) is 0. The normalized spacial score (nSPS) is 19.2. The van der Waals surface area contributed by atoms with E-state index in [0.29, 0.717) is 6.04 Å². The lowest BCUT2D eigenvalue weighted by Gasteiger charge is -2.23. The van der Waals surface area contributed by atoms with E-state index in [4.69, 9.17) is 4.74 Å². The Morgan fingerprint density at radius 2 is 2.21 bits per heavy atom. The molecule has 3 nitrogen and oxygen atoms in total. The molecule has 1 aliphatic rings. The predicted octanol–water partition coefficient (Wildman–Crippen LogP) is 2.41. The van der Waals surface area contributed by atoms with Crippen LogP contribution in [0.15, 0.2) is 24.3 Å². The van der Waals surface area contributed by atoms with Crippen molar-refractivity contribution in [3.63, 3.8) is 0 Å². The third-order valence-electron chi connectivity index (χ3n) is 3.71. The zero-order valence-corrected chi connectivity index (χ0v) is 12.2. The van der Waals surface area contributed by atoms with Gasteiger partial charge in [-0.15, -0.1) is 0 Å². The predicted molar refractivity (Wildman–Crippen MR) is 79.1 cm³/mol. The highest BCUT2D eigenvalue weighted by molar-refractivity contribution is 5.23.